The molecule has 1 N–H and O–H groups in total. The Hall–Kier alpha value is -1.27. The molecule has 0 unspecified atom stereocenters. The van der Waals surface area contributed by atoms with Crippen molar-refractivity contribution in [2.75, 3.05) is 19.8 Å². The molecular formula is C16H20N2O2S. The molecule has 1 aromatic heterocycles. The van der Waals surface area contributed by atoms with Gasteiger partial charge in [0.25, 0.3) is 0 Å². The maximum atomic E-state index is 9.08. The van der Waals surface area contributed by atoms with Crippen molar-refractivity contribution >= 4 is 11.3 Å². The van der Waals surface area contributed by atoms with Gasteiger partial charge >= 0.3 is 0 Å². The van der Waals surface area contributed by atoms with E-state index in [2.05, 4.69) is 41.1 Å². The molecule has 1 aliphatic heterocycles. The predicted molar refractivity (Wildman–Crippen MR) is 84.2 cm³/mol. The molecular weight excluding hydrogens is 284 g/mol. The monoisotopic (exact) mass is 304 g/mol. The minimum atomic E-state index is 0.00348. The van der Waals surface area contributed by atoms with E-state index < -0.39 is 0 Å². The van der Waals surface area contributed by atoms with Crippen LogP contribution in [0.2, 0.25) is 0 Å². The SMILES string of the molecule is C[C@H]1COCCN1Cc1ccc(-c2nc(CO)cs2)cc1. The lowest BCUT2D eigenvalue weighted by Crippen LogP contribution is -2.42. The number of hydrogen-bond donors (Lipinski definition) is 1. The van der Waals surface area contributed by atoms with Gasteiger partial charge in [-0.25, -0.2) is 4.98 Å². The minimum Gasteiger partial charge on any atom is -0.390 e. The Morgan fingerprint density at radius 2 is 2.19 bits per heavy atom. The minimum absolute atomic E-state index is 0.00348. The number of morpholine rings is 1. The average Bonchev–Trinajstić information content (AvgIpc) is 2.99. The topological polar surface area (TPSA) is 45.6 Å². The van der Waals surface area contributed by atoms with E-state index in [9.17, 15) is 0 Å². The van der Waals surface area contributed by atoms with Crippen molar-refractivity contribution in [3.8, 4) is 10.6 Å². The van der Waals surface area contributed by atoms with Crippen LogP contribution in [0, 0.1) is 0 Å². The molecule has 21 heavy (non-hydrogen) atoms. The van der Waals surface area contributed by atoms with Gasteiger partial charge in [-0.05, 0) is 12.5 Å². The van der Waals surface area contributed by atoms with Gasteiger partial charge in [-0.3, -0.25) is 4.90 Å². The Morgan fingerprint density at radius 1 is 1.38 bits per heavy atom. The number of aliphatic hydroxyl groups excluding tert-OH is 1. The number of rotatable bonds is 4. The average molecular weight is 304 g/mol. The lowest BCUT2D eigenvalue weighted by atomic mass is 10.1. The van der Waals surface area contributed by atoms with Gasteiger partial charge in [0.2, 0.25) is 0 Å². The molecule has 5 heteroatoms. The predicted octanol–water partition coefficient (Wildman–Crippen LogP) is 2.52. The van der Waals surface area contributed by atoms with Crippen LogP contribution in [-0.4, -0.2) is 40.8 Å². The van der Waals surface area contributed by atoms with E-state index in [-0.39, 0.29) is 6.61 Å². The lowest BCUT2D eigenvalue weighted by Gasteiger charge is -2.33. The third kappa shape index (κ3) is 3.49. The fourth-order valence-electron chi connectivity index (χ4n) is 2.50. The molecule has 1 saturated heterocycles. The molecule has 0 saturated carbocycles. The van der Waals surface area contributed by atoms with Crippen molar-refractivity contribution in [3.05, 3.63) is 40.9 Å². The number of nitrogens with zero attached hydrogens (tertiary/aromatic N) is 2. The molecule has 112 valence electrons. The molecule has 4 nitrogen and oxygen atoms in total. The zero-order chi connectivity index (χ0) is 14.7. The highest BCUT2D eigenvalue weighted by molar-refractivity contribution is 7.13. The first-order valence-electron chi connectivity index (χ1n) is 7.22. The Labute approximate surface area is 129 Å². The van der Waals surface area contributed by atoms with Crippen molar-refractivity contribution in [2.24, 2.45) is 0 Å². The van der Waals surface area contributed by atoms with Crippen LogP contribution in [0.15, 0.2) is 29.6 Å². The first-order valence-corrected chi connectivity index (χ1v) is 8.10. The standard InChI is InChI=1S/C16H20N2O2S/c1-12-10-20-7-6-18(12)8-13-2-4-14(5-3-13)16-17-15(9-19)11-21-16/h2-5,11-12,19H,6-10H2,1H3/t12-/m0/s1. The number of aliphatic hydroxyl groups is 1. The van der Waals surface area contributed by atoms with E-state index in [1.165, 1.54) is 5.56 Å². The van der Waals surface area contributed by atoms with Gasteiger partial charge in [0, 0.05) is 30.1 Å². The summed E-state index contributed by atoms with van der Waals surface area (Å²) in [7, 11) is 0. The van der Waals surface area contributed by atoms with Crippen LogP contribution in [-0.2, 0) is 17.9 Å². The summed E-state index contributed by atoms with van der Waals surface area (Å²) in [6.07, 6.45) is 0. The Bertz CT molecular complexity index is 582. The molecule has 3 rings (SSSR count). The third-order valence-corrected chi connectivity index (χ3v) is 4.75. The second kappa shape index (κ2) is 6.66. The summed E-state index contributed by atoms with van der Waals surface area (Å²) >= 11 is 1.57. The summed E-state index contributed by atoms with van der Waals surface area (Å²) in [4.78, 5) is 6.85. The van der Waals surface area contributed by atoms with Crippen molar-refractivity contribution in [3.63, 3.8) is 0 Å². The number of hydrogen-bond acceptors (Lipinski definition) is 5. The first kappa shape index (κ1) is 14.7. The second-order valence-corrected chi connectivity index (χ2v) is 6.25. The highest BCUT2D eigenvalue weighted by Crippen LogP contribution is 2.24. The maximum absolute atomic E-state index is 9.08. The number of thiazole rings is 1. The van der Waals surface area contributed by atoms with Gasteiger partial charge in [0.15, 0.2) is 0 Å². The summed E-state index contributed by atoms with van der Waals surface area (Å²) in [5, 5.41) is 11.9. The van der Waals surface area contributed by atoms with Crippen LogP contribution in [0.1, 0.15) is 18.2 Å². The van der Waals surface area contributed by atoms with Crippen LogP contribution >= 0.6 is 11.3 Å². The van der Waals surface area contributed by atoms with Crippen LogP contribution in [0.4, 0.5) is 0 Å². The Balaban J connectivity index is 1.68. The van der Waals surface area contributed by atoms with Crippen LogP contribution in [0.5, 0.6) is 0 Å². The summed E-state index contributed by atoms with van der Waals surface area (Å²) in [6, 6.07) is 9.03. The Morgan fingerprint density at radius 3 is 2.86 bits per heavy atom. The van der Waals surface area contributed by atoms with E-state index in [1.54, 1.807) is 11.3 Å². The zero-order valence-electron chi connectivity index (χ0n) is 12.2. The van der Waals surface area contributed by atoms with E-state index >= 15 is 0 Å². The lowest BCUT2D eigenvalue weighted by molar-refractivity contribution is -0.00436. The second-order valence-electron chi connectivity index (χ2n) is 5.39. The molecule has 1 aliphatic rings. The van der Waals surface area contributed by atoms with Crippen molar-refractivity contribution in [1.29, 1.82) is 0 Å². The smallest absolute Gasteiger partial charge is 0.123 e. The van der Waals surface area contributed by atoms with Gasteiger partial charge in [0.05, 0.1) is 25.5 Å². The largest absolute Gasteiger partial charge is 0.390 e. The molecule has 0 aliphatic carbocycles. The van der Waals surface area contributed by atoms with Crippen LogP contribution in [0.3, 0.4) is 0 Å². The molecule has 2 aromatic rings. The normalized spacial score (nSPS) is 19.8. The summed E-state index contributed by atoms with van der Waals surface area (Å²) < 4.78 is 5.47. The number of benzene rings is 1. The van der Waals surface area contributed by atoms with Gasteiger partial charge in [-0.2, -0.15) is 0 Å². The van der Waals surface area contributed by atoms with Gasteiger partial charge < -0.3 is 9.84 Å². The fraction of sp³-hybridized carbons (Fsp3) is 0.438. The third-order valence-electron chi connectivity index (χ3n) is 3.81. The maximum Gasteiger partial charge on any atom is 0.123 e. The molecule has 1 aromatic carbocycles. The summed E-state index contributed by atoms with van der Waals surface area (Å²) in [6.45, 7) is 5.81. The number of aromatic nitrogens is 1. The van der Waals surface area contributed by atoms with Gasteiger partial charge in [-0.1, -0.05) is 24.3 Å². The first-order chi connectivity index (χ1) is 10.3. The van der Waals surface area contributed by atoms with Gasteiger partial charge in [0.1, 0.15) is 5.01 Å². The van der Waals surface area contributed by atoms with E-state index in [4.69, 9.17) is 9.84 Å². The zero-order valence-corrected chi connectivity index (χ0v) is 13.0. The van der Waals surface area contributed by atoms with Gasteiger partial charge in [-0.15, -0.1) is 11.3 Å². The molecule has 1 atom stereocenters. The molecule has 0 amide bonds. The van der Waals surface area contributed by atoms with Crippen molar-refractivity contribution < 1.29 is 9.84 Å². The molecule has 0 bridgehead atoms. The highest BCUT2D eigenvalue weighted by Gasteiger charge is 2.18. The molecule has 2 heterocycles. The van der Waals surface area contributed by atoms with E-state index in [1.807, 2.05) is 5.38 Å². The van der Waals surface area contributed by atoms with Crippen molar-refractivity contribution in [2.45, 2.75) is 26.1 Å². The quantitative estimate of drug-likeness (QED) is 0.943. The fourth-order valence-corrected chi connectivity index (χ4v) is 3.31. The van der Waals surface area contributed by atoms with Crippen LogP contribution < -0.4 is 0 Å². The molecule has 0 spiro atoms. The van der Waals surface area contributed by atoms with E-state index in [0.29, 0.717) is 6.04 Å². The summed E-state index contributed by atoms with van der Waals surface area (Å²) in [5.41, 5.74) is 3.16. The van der Waals surface area contributed by atoms with Crippen molar-refractivity contribution in [1.82, 2.24) is 9.88 Å². The summed E-state index contributed by atoms with van der Waals surface area (Å²) in [5.74, 6) is 0. The molecule has 1 fully saturated rings. The highest BCUT2D eigenvalue weighted by atomic mass is 32.1. The Kier molecular flexibility index (Phi) is 4.65. The van der Waals surface area contributed by atoms with Crippen LogP contribution in [0.25, 0.3) is 10.6 Å². The molecule has 0 radical (unpaired) electrons. The van der Waals surface area contributed by atoms with E-state index in [0.717, 1.165) is 42.6 Å². The number of ether oxygens (including phenoxy) is 1.